The number of rotatable bonds is 3. The van der Waals surface area contributed by atoms with Gasteiger partial charge in [-0.05, 0) is 56.9 Å². The minimum atomic E-state index is -0.461. The maximum absolute atomic E-state index is 14.5. The quantitative estimate of drug-likeness (QED) is 0.940. The van der Waals surface area contributed by atoms with Crippen LogP contribution < -0.4 is 0 Å². The van der Waals surface area contributed by atoms with Crippen LogP contribution in [-0.4, -0.2) is 45.4 Å². The van der Waals surface area contributed by atoms with E-state index in [4.69, 9.17) is 0 Å². The smallest absolute Gasteiger partial charge is 0.253 e. The number of piperidine rings is 1. The molecule has 128 valence electrons. The van der Waals surface area contributed by atoms with Crippen molar-refractivity contribution in [2.45, 2.75) is 26.7 Å². The molecule has 1 aliphatic rings. The van der Waals surface area contributed by atoms with Crippen LogP contribution in [0.3, 0.4) is 0 Å². The lowest BCUT2D eigenvalue weighted by Gasteiger charge is -2.31. The van der Waals surface area contributed by atoms with Crippen molar-refractivity contribution < 1.29 is 14.3 Å². The van der Waals surface area contributed by atoms with Crippen molar-refractivity contribution >= 4 is 5.91 Å². The molecule has 5 nitrogen and oxygen atoms in total. The highest BCUT2D eigenvalue weighted by molar-refractivity contribution is 5.94. The average Bonchev–Trinajstić information content (AvgIpc) is 2.92. The highest BCUT2D eigenvalue weighted by Gasteiger charge is 2.24. The van der Waals surface area contributed by atoms with Crippen LogP contribution in [-0.2, 0) is 0 Å². The number of hydrogen-bond donors (Lipinski definition) is 1. The van der Waals surface area contributed by atoms with Gasteiger partial charge in [-0.1, -0.05) is 0 Å². The molecule has 0 unspecified atom stereocenters. The van der Waals surface area contributed by atoms with Gasteiger partial charge in [0.05, 0.1) is 5.69 Å². The summed E-state index contributed by atoms with van der Waals surface area (Å²) in [7, 11) is 0. The Balaban J connectivity index is 1.80. The molecule has 24 heavy (non-hydrogen) atoms. The van der Waals surface area contributed by atoms with Crippen LogP contribution in [0.1, 0.15) is 34.6 Å². The second-order valence-corrected chi connectivity index (χ2v) is 6.42. The van der Waals surface area contributed by atoms with E-state index >= 15 is 0 Å². The summed E-state index contributed by atoms with van der Waals surface area (Å²) in [6.07, 6.45) is 1.57. The number of benzene rings is 1. The van der Waals surface area contributed by atoms with E-state index in [0.29, 0.717) is 24.3 Å². The summed E-state index contributed by atoms with van der Waals surface area (Å²) in [5, 5.41) is 13.5. The summed E-state index contributed by atoms with van der Waals surface area (Å²) in [5.41, 5.74) is 2.35. The number of aromatic nitrogens is 2. The zero-order valence-electron chi connectivity index (χ0n) is 14.0. The number of carbonyl (C=O) groups excluding carboxylic acids is 1. The van der Waals surface area contributed by atoms with E-state index in [0.717, 1.165) is 24.2 Å². The lowest BCUT2D eigenvalue weighted by atomic mass is 9.97. The van der Waals surface area contributed by atoms with Crippen molar-refractivity contribution in [1.29, 1.82) is 0 Å². The fourth-order valence-electron chi connectivity index (χ4n) is 3.19. The number of amides is 1. The third-order valence-corrected chi connectivity index (χ3v) is 4.59. The molecule has 0 bridgehead atoms. The molecule has 2 aromatic rings. The lowest BCUT2D eigenvalue weighted by molar-refractivity contribution is 0.0650. The number of nitrogens with zero attached hydrogens (tertiary/aromatic N) is 3. The van der Waals surface area contributed by atoms with Gasteiger partial charge in [0.1, 0.15) is 11.5 Å². The molecule has 6 heteroatoms. The van der Waals surface area contributed by atoms with Crippen LogP contribution in [0.15, 0.2) is 24.3 Å². The fourth-order valence-corrected chi connectivity index (χ4v) is 3.19. The van der Waals surface area contributed by atoms with Gasteiger partial charge in [0, 0.05) is 31.0 Å². The number of carbonyl (C=O) groups is 1. The topological polar surface area (TPSA) is 58.4 Å². The Hall–Kier alpha value is -2.21. The van der Waals surface area contributed by atoms with E-state index < -0.39 is 5.82 Å². The third-order valence-electron chi connectivity index (χ3n) is 4.59. The first kappa shape index (κ1) is 16.6. The van der Waals surface area contributed by atoms with Crippen LogP contribution >= 0.6 is 0 Å². The van der Waals surface area contributed by atoms with Gasteiger partial charge in [-0.15, -0.1) is 0 Å². The summed E-state index contributed by atoms with van der Waals surface area (Å²) >= 11 is 0. The van der Waals surface area contributed by atoms with E-state index in [1.54, 1.807) is 21.7 Å². The second-order valence-electron chi connectivity index (χ2n) is 6.42. The molecule has 0 aliphatic carbocycles. The van der Waals surface area contributed by atoms with Gasteiger partial charge in [0.25, 0.3) is 5.91 Å². The summed E-state index contributed by atoms with van der Waals surface area (Å²) in [5.74, 6) is -0.360. The molecule has 3 rings (SSSR count). The SMILES string of the molecule is Cc1cc(C)n(-c2ccc(C(=O)N3CCC(CO)CC3)cc2F)n1. The number of aryl methyl sites for hydroxylation is 2. The number of likely N-dealkylation sites (tertiary alicyclic amines) is 1. The van der Waals surface area contributed by atoms with Gasteiger partial charge in [0.15, 0.2) is 0 Å². The Morgan fingerprint density at radius 3 is 2.54 bits per heavy atom. The standard InChI is InChI=1S/C18H22FN3O2/c1-12-9-13(2)22(20-12)17-4-3-15(10-16(17)19)18(24)21-7-5-14(11-23)6-8-21/h3-4,9-10,14,23H,5-8,11H2,1-2H3. The molecule has 1 N–H and O–H groups in total. The Morgan fingerprint density at radius 1 is 1.29 bits per heavy atom. The molecule has 0 atom stereocenters. The van der Waals surface area contributed by atoms with E-state index in [9.17, 15) is 14.3 Å². The summed E-state index contributed by atoms with van der Waals surface area (Å²) < 4.78 is 16.1. The van der Waals surface area contributed by atoms with E-state index in [1.807, 2.05) is 19.9 Å². The average molecular weight is 331 g/mol. The summed E-state index contributed by atoms with van der Waals surface area (Å²) in [4.78, 5) is 14.3. The summed E-state index contributed by atoms with van der Waals surface area (Å²) in [6, 6.07) is 6.41. The number of aliphatic hydroxyl groups excluding tert-OH is 1. The van der Waals surface area contributed by atoms with Gasteiger partial charge in [0.2, 0.25) is 0 Å². The zero-order chi connectivity index (χ0) is 17.3. The van der Waals surface area contributed by atoms with E-state index in [-0.39, 0.29) is 18.4 Å². The molecule has 1 aromatic heterocycles. The number of aliphatic hydroxyl groups is 1. The van der Waals surface area contributed by atoms with Crippen LogP contribution in [0.2, 0.25) is 0 Å². The Labute approximate surface area is 140 Å². The lowest BCUT2D eigenvalue weighted by Crippen LogP contribution is -2.39. The second kappa shape index (κ2) is 6.73. The summed E-state index contributed by atoms with van der Waals surface area (Å²) in [6.45, 7) is 5.09. The van der Waals surface area contributed by atoms with Crippen molar-refractivity contribution in [3.63, 3.8) is 0 Å². The Kier molecular flexibility index (Phi) is 4.66. The van der Waals surface area contributed by atoms with Crippen molar-refractivity contribution in [2.24, 2.45) is 5.92 Å². The highest BCUT2D eigenvalue weighted by atomic mass is 19.1. The maximum Gasteiger partial charge on any atom is 0.253 e. The van der Waals surface area contributed by atoms with E-state index in [2.05, 4.69) is 5.10 Å². The fraction of sp³-hybridized carbons (Fsp3) is 0.444. The van der Waals surface area contributed by atoms with Gasteiger partial charge in [-0.25, -0.2) is 9.07 Å². The maximum atomic E-state index is 14.5. The zero-order valence-corrected chi connectivity index (χ0v) is 14.0. The van der Waals surface area contributed by atoms with Crippen molar-refractivity contribution in [2.75, 3.05) is 19.7 Å². The van der Waals surface area contributed by atoms with Crippen molar-refractivity contribution in [3.05, 3.63) is 47.0 Å². The molecule has 1 aromatic carbocycles. The predicted octanol–water partition coefficient (Wildman–Crippen LogP) is 2.47. The first-order valence-corrected chi connectivity index (χ1v) is 8.23. The number of hydrogen-bond acceptors (Lipinski definition) is 3. The molecular weight excluding hydrogens is 309 g/mol. The van der Waals surface area contributed by atoms with Crippen molar-refractivity contribution in [3.8, 4) is 5.69 Å². The van der Waals surface area contributed by atoms with Gasteiger partial charge in [-0.2, -0.15) is 5.10 Å². The van der Waals surface area contributed by atoms with Crippen LogP contribution in [0.5, 0.6) is 0 Å². The Morgan fingerprint density at radius 2 is 2.00 bits per heavy atom. The number of halogens is 1. The third kappa shape index (κ3) is 3.19. The molecular formula is C18H22FN3O2. The monoisotopic (exact) mass is 331 g/mol. The predicted molar refractivity (Wildman–Crippen MR) is 88.7 cm³/mol. The normalized spacial score (nSPS) is 15.8. The van der Waals surface area contributed by atoms with Crippen LogP contribution in [0.4, 0.5) is 4.39 Å². The van der Waals surface area contributed by atoms with Gasteiger partial charge in [-0.3, -0.25) is 4.79 Å². The van der Waals surface area contributed by atoms with Crippen molar-refractivity contribution in [1.82, 2.24) is 14.7 Å². The molecule has 2 heterocycles. The van der Waals surface area contributed by atoms with E-state index in [1.165, 1.54) is 6.07 Å². The van der Waals surface area contributed by atoms with Gasteiger partial charge < -0.3 is 10.0 Å². The molecule has 1 saturated heterocycles. The molecule has 1 aliphatic heterocycles. The van der Waals surface area contributed by atoms with Crippen LogP contribution in [0.25, 0.3) is 5.69 Å². The van der Waals surface area contributed by atoms with Gasteiger partial charge >= 0.3 is 0 Å². The molecule has 1 amide bonds. The Bertz CT molecular complexity index is 749. The molecule has 1 fully saturated rings. The largest absolute Gasteiger partial charge is 0.396 e. The first-order valence-electron chi connectivity index (χ1n) is 8.23. The first-order chi connectivity index (χ1) is 11.5. The minimum absolute atomic E-state index is 0.161. The molecule has 0 saturated carbocycles. The molecule has 0 radical (unpaired) electrons. The minimum Gasteiger partial charge on any atom is -0.396 e. The van der Waals surface area contributed by atoms with Crippen LogP contribution in [0, 0.1) is 25.6 Å². The molecule has 0 spiro atoms. The highest BCUT2D eigenvalue weighted by Crippen LogP contribution is 2.21.